The van der Waals surface area contributed by atoms with Crippen molar-refractivity contribution >= 4 is 34.8 Å². The average Bonchev–Trinajstić information content (AvgIpc) is 2.81. The number of para-hydroxylation sites is 1. The maximum atomic E-state index is 12.5. The van der Waals surface area contributed by atoms with Gasteiger partial charge in [0.2, 0.25) is 0 Å². The van der Waals surface area contributed by atoms with Crippen molar-refractivity contribution in [3.8, 4) is 17.2 Å². The summed E-state index contributed by atoms with van der Waals surface area (Å²) in [5.41, 5.74) is 3.04. The van der Waals surface area contributed by atoms with Crippen LogP contribution >= 0.6 is 11.6 Å². The predicted octanol–water partition coefficient (Wildman–Crippen LogP) is 4.78. The van der Waals surface area contributed by atoms with E-state index in [1.54, 1.807) is 47.4 Å². The van der Waals surface area contributed by atoms with Crippen LogP contribution < -0.4 is 24.4 Å². The molecule has 1 aliphatic heterocycles. The number of fused-ring (bicyclic) bond motifs is 1. The Hall–Kier alpha value is -3.71. The van der Waals surface area contributed by atoms with E-state index >= 15 is 0 Å². The number of halogens is 1. The van der Waals surface area contributed by atoms with E-state index in [2.05, 4.69) is 5.32 Å². The fraction of sp³-hybridized carbons (Fsp3) is 0.231. The van der Waals surface area contributed by atoms with Gasteiger partial charge >= 0.3 is 0 Å². The highest BCUT2D eigenvalue weighted by Crippen LogP contribution is 2.34. The second kappa shape index (κ2) is 10.5. The number of anilines is 2. The molecule has 0 atom stereocenters. The van der Waals surface area contributed by atoms with Gasteiger partial charge in [0, 0.05) is 10.7 Å². The van der Waals surface area contributed by atoms with Crippen molar-refractivity contribution in [2.45, 2.75) is 13.8 Å². The zero-order valence-electron chi connectivity index (χ0n) is 19.0. The lowest BCUT2D eigenvalue weighted by molar-refractivity contribution is -0.121. The Balaban J connectivity index is 1.39. The van der Waals surface area contributed by atoms with Crippen molar-refractivity contribution in [2.75, 3.05) is 36.6 Å². The highest BCUT2D eigenvalue weighted by molar-refractivity contribution is 6.30. The summed E-state index contributed by atoms with van der Waals surface area (Å²) in [7, 11) is 0. The molecule has 34 heavy (non-hydrogen) atoms. The van der Waals surface area contributed by atoms with Crippen LogP contribution in [0.1, 0.15) is 11.1 Å². The van der Waals surface area contributed by atoms with Crippen molar-refractivity contribution in [1.29, 1.82) is 0 Å². The number of rotatable bonds is 8. The summed E-state index contributed by atoms with van der Waals surface area (Å²) in [5, 5.41) is 3.45. The SMILES string of the molecule is Cc1cccc(C)c1OCC(=O)Nc1ccc2c(c1)N(CCOc1ccc(Cl)cc1)C(=O)CO2. The Morgan fingerprint density at radius 3 is 2.53 bits per heavy atom. The molecule has 0 saturated carbocycles. The van der Waals surface area contributed by atoms with E-state index in [4.69, 9.17) is 25.8 Å². The Morgan fingerprint density at radius 1 is 1.06 bits per heavy atom. The van der Waals surface area contributed by atoms with E-state index in [1.807, 2.05) is 32.0 Å². The molecular weight excluding hydrogens is 456 g/mol. The van der Waals surface area contributed by atoms with E-state index in [-0.39, 0.29) is 31.6 Å². The molecule has 0 bridgehead atoms. The number of carbonyl (C=O) groups is 2. The standard InChI is InChI=1S/C26H25ClN2O5/c1-17-4-3-5-18(2)26(17)34-15-24(30)28-20-8-11-23-22(14-20)29(25(31)16-33-23)12-13-32-21-9-6-19(27)7-10-21/h3-11,14H,12-13,15-16H2,1-2H3,(H,28,30). The lowest BCUT2D eigenvalue weighted by atomic mass is 10.1. The third-order valence-corrected chi connectivity index (χ3v) is 5.59. The van der Waals surface area contributed by atoms with Crippen LogP contribution in [0.25, 0.3) is 0 Å². The highest BCUT2D eigenvalue weighted by atomic mass is 35.5. The van der Waals surface area contributed by atoms with Crippen LogP contribution in [0.15, 0.2) is 60.7 Å². The van der Waals surface area contributed by atoms with E-state index in [9.17, 15) is 9.59 Å². The topological polar surface area (TPSA) is 77.1 Å². The first-order valence-corrected chi connectivity index (χ1v) is 11.2. The second-order valence-corrected chi connectivity index (χ2v) is 8.31. The number of benzene rings is 3. The smallest absolute Gasteiger partial charge is 0.265 e. The highest BCUT2D eigenvalue weighted by Gasteiger charge is 2.26. The molecule has 0 saturated heterocycles. The van der Waals surface area contributed by atoms with E-state index in [1.165, 1.54) is 0 Å². The maximum Gasteiger partial charge on any atom is 0.265 e. The maximum absolute atomic E-state index is 12.5. The summed E-state index contributed by atoms with van der Waals surface area (Å²) in [6.07, 6.45) is 0. The van der Waals surface area contributed by atoms with Gasteiger partial charge in [0.1, 0.15) is 23.9 Å². The largest absolute Gasteiger partial charge is 0.492 e. The number of carbonyl (C=O) groups excluding carboxylic acids is 2. The fourth-order valence-corrected chi connectivity index (χ4v) is 3.80. The molecule has 4 rings (SSSR count). The third-order valence-electron chi connectivity index (χ3n) is 5.34. The first-order chi connectivity index (χ1) is 16.4. The second-order valence-electron chi connectivity index (χ2n) is 7.88. The molecule has 8 heteroatoms. The summed E-state index contributed by atoms with van der Waals surface area (Å²) in [6, 6.07) is 18.0. The number of ether oxygens (including phenoxy) is 3. The number of aryl methyl sites for hydroxylation is 2. The molecule has 0 fully saturated rings. The molecule has 3 aromatic rings. The van der Waals surface area contributed by atoms with Crippen LogP contribution in [0.5, 0.6) is 17.2 Å². The van der Waals surface area contributed by atoms with Gasteiger partial charge in [0.25, 0.3) is 11.8 Å². The van der Waals surface area contributed by atoms with Crippen LogP contribution in [-0.2, 0) is 9.59 Å². The van der Waals surface area contributed by atoms with Crippen LogP contribution in [0.2, 0.25) is 5.02 Å². The lowest BCUT2D eigenvalue weighted by Gasteiger charge is -2.29. The van der Waals surface area contributed by atoms with Gasteiger partial charge in [0.15, 0.2) is 13.2 Å². The van der Waals surface area contributed by atoms with E-state index in [0.717, 1.165) is 11.1 Å². The molecule has 0 unspecified atom stereocenters. The van der Waals surface area contributed by atoms with Gasteiger partial charge in [-0.05, 0) is 67.4 Å². The molecule has 176 valence electrons. The Labute approximate surface area is 203 Å². The number of amides is 2. The summed E-state index contributed by atoms with van der Waals surface area (Å²) in [4.78, 5) is 26.6. The Bertz CT molecular complexity index is 1180. The van der Waals surface area contributed by atoms with Gasteiger partial charge in [-0.2, -0.15) is 0 Å². The minimum Gasteiger partial charge on any atom is -0.492 e. The van der Waals surface area contributed by atoms with Crippen molar-refractivity contribution in [1.82, 2.24) is 0 Å². The zero-order chi connectivity index (χ0) is 24.1. The van der Waals surface area contributed by atoms with Gasteiger partial charge in [0.05, 0.1) is 12.2 Å². The molecule has 7 nitrogen and oxygen atoms in total. The van der Waals surface area contributed by atoms with Gasteiger partial charge < -0.3 is 24.4 Å². The van der Waals surface area contributed by atoms with Crippen LogP contribution in [0.4, 0.5) is 11.4 Å². The van der Waals surface area contributed by atoms with Gasteiger partial charge in [-0.25, -0.2) is 0 Å². The number of hydrogen-bond acceptors (Lipinski definition) is 5. The van der Waals surface area contributed by atoms with Crippen molar-refractivity contribution in [2.24, 2.45) is 0 Å². The molecule has 1 aliphatic rings. The summed E-state index contributed by atoms with van der Waals surface area (Å²) in [5.74, 6) is 1.44. The predicted molar refractivity (Wildman–Crippen MR) is 131 cm³/mol. The summed E-state index contributed by atoms with van der Waals surface area (Å²) < 4.78 is 17.0. The van der Waals surface area contributed by atoms with Crippen molar-refractivity contribution in [3.63, 3.8) is 0 Å². The molecule has 0 spiro atoms. The molecular formula is C26H25ClN2O5. The molecule has 0 aliphatic carbocycles. The van der Waals surface area contributed by atoms with Crippen LogP contribution in [0, 0.1) is 13.8 Å². The van der Waals surface area contributed by atoms with Crippen LogP contribution in [-0.4, -0.2) is 38.2 Å². The quantitative estimate of drug-likeness (QED) is 0.502. The number of nitrogens with one attached hydrogen (secondary N) is 1. The molecule has 3 aromatic carbocycles. The summed E-state index contributed by atoms with van der Waals surface area (Å²) >= 11 is 5.90. The fourth-order valence-electron chi connectivity index (χ4n) is 3.67. The van der Waals surface area contributed by atoms with Gasteiger partial charge in [-0.1, -0.05) is 29.8 Å². The van der Waals surface area contributed by atoms with E-state index in [0.29, 0.717) is 40.2 Å². The van der Waals surface area contributed by atoms with Crippen molar-refractivity contribution in [3.05, 3.63) is 76.8 Å². The number of hydrogen-bond donors (Lipinski definition) is 1. The normalized spacial score (nSPS) is 12.6. The molecule has 1 N–H and O–H groups in total. The Kier molecular flexibility index (Phi) is 7.23. The van der Waals surface area contributed by atoms with Gasteiger partial charge in [-0.15, -0.1) is 0 Å². The minimum absolute atomic E-state index is 0.0523. The van der Waals surface area contributed by atoms with Crippen molar-refractivity contribution < 1.29 is 23.8 Å². The third kappa shape index (κ3) is 5.61. The first-order valence-electron chi connectivity index (χ1n) is 10.8. The first kappa shape index (κ1) is 23.4. The molecule has 0 radical (unpaired) electrons. The Morgan fingerprint density at radius 2 is 1.79 bits per heavy atom. The van der Waals surface area contributed by atoms with E-state index < -0.39 is 0 Å². The number of nitrogens with zero attached hydrogens (tertiary/aromatic N) is 1. The molecule has 2 amide bonds. The monoisotopic (exact) mass is 480 g/mol. The molecule has 0 aromatic heterocycles. The average molecular weight is 481 g/mol. The van der Waals surface area contributed by atoms with Gasteiger partial charge in [-0.3, -0.25) is 9.59 Å². The zero-order valence-corrected chi connectivity index (χ0v) is 19.7. The van der Waals surface area contributed by atoms with Crippen LogP contribution in [0.3, 0.4) is 0 Å². The molecule has 1 heterocycles. The lowest BCUT2D eigenvalue weighted by Crippen LogP contribution is -2.41. The minimum atomic E-state index is -0.303. The summed E-state index contributed by atoms with van der Waals surface area (Å²) in [6.45, 7) is 4.30.